The molecular formula is C20H25F3N4O2. The Labute approximate surface area is 168 Å². The first-order valence-electron chi connectivity index (χ1n) is 9.27. The van der Waals surface area contributed by atoms with Crippen LogP contribution in [0.3, 0.4) is 0 Å². The van der Waals surface area contributed by atoms with Gasteiger partial charge >= 0.3 is 6.18 Å². The lowest BCUT2D eigenvalue weighted by molar-refractivity contribution is -0.132. The van der Waals surface area contributed by atoms with Crippen LogP contribution in [0.4, 0.5) is 13.2 Å². The van der Waals surface area contributed by atoms with Gasteiger partial charge in [0.05, 0.1) is 13.0 Å². The number of hydrogen-bond acceptors (Lipinski definition) is 4. The third kappa shape index (κ3) is 7.89. The maximum atomic E-state index is 12.3. The Morgan fingerprint density at radius 1 is 1.10 bits per heavy atom. The number of nitrogens with one attached hydrogen (secondary N) is 2. The number of halogens is 3. The van der Waals surface area contributed by atoms with E-state index in [4.69, 9.17) is 9.47 Å². The highest BCUT2D eigenvalue weighted by Crippen LogP contribution is 2.31. The molecule has 0 unspecified atom stereocenters. The predicted octanol–water partition coefficient (Wildman–Crippen LogP) is 4.28. The lowest BCUT2D eigenvalue weighted by Crippen LogP contribution is -2.38. The molecule has 2 aromatic rings. The summed E-state index contributed by atoms with van der Waals surface area (Å²) in [4.78, 5) is 8.20. The zero-order valence-corrected chi connectivity index (χ0v) is 16.4. The maximum absolute atomic E-state index is 12.3. The monoisotopic (exact) mass is 410 g/mol. The van der Waals surface area contributed by atoms with Gasteiger partial charge in [0.2, 0.25) is 5.88 Å². The van der Waals surface area contributed by atoms with E-state index in [1.807, 2.05) is 31.2 Å². The molecule has 0 atom stereocenters. The largest absolute Gasteiger partial charge is 0.490 e. The number of aliphatic imine (C=N–C) groups is 1. The van der Waals surface area contributed by atoms with Gasteiger partial charge in [-0.15, -0.1) is 0 Å². The number of pyridine rings is 1. The van der Waals surface area contributed by atoms with Gasteiger partial charge in [-0.1, -0.05) is 25.1 Å². The molecule has 29 heavy (non-hydrogen) atoms. The number of para-hydroxylation sites is 2. The van der Waals surface area contributed by atoms with Crippen molar-refractivity contribution in [3.05, 3.63) is 48.2 Å². The molecule has 0 radical (unpaired) electrons. The fourth-order valence-electron chi connectivity index (χ4n) is 2.34. The van der Waals surface area contributed by atoms with E-state index < -0.39 is 12.6 Å². The normalized spacial score (nSPS) is 11.8. The molecule has 2 N–H and O–H groups in total. The number of nitrogens with zero attached hydrogens (tertiary/aromatic N) is 2. The van der Waals surface area contributed by atoms with Crippen molar-refractivity contribution in [2.45, 2.75) is 32.5 Å². The average molecular weight is 410 g/mol. The van der Waals surface area contributed by atoms with E-state index in [1.54, 1.807) is 18.3 Å². The summed E-state index contributed by atoms with van der Waals surface area (Å²) >= 11 is 0. The third-order valence-electron chi connectivity index (χ3n) is 3.74. The molecule has 0 saturated carbocycles. The standard InChI is InChI=1S/C20H25F3N4O2/c1-3-13-28-16-8-4-5-9-17(16)29-18-15(7-6-11-25-18)14-27-19(24-2)26-12-10-20(21,22)23/h4-9,11H,3,10,12-14H2,1-2H3,(H2,24,26,27). The first kappa shape index (κ1) is 22.3. The molecule has 9 heteroatoms. The number of rotatable bonds is 9. The molecule has 1 aromatic heterocycles. The molecule has 1 heterocycles. The molecular weight excluding hydrogens is 385 g/mol. The van der Waals surface area contributed by atoms with Crippen LogP contribution in [0.1, 0.15) is 25.3 Å². The molecule has 158 valence electrons. The van der Waals surface area contributed by atoms with E-state index in [-0.39, 0.29) is 19.0 Å². The second-order valence-electron chi connectivity index (χ2n) is 6.08. The van der Waals surface area contributed by atoms with Crippen LogP contribution in [0.25, 0.3) is 0 Å². The fraction of sp³-hybridized carbons (Fsp3) is 0.400. The molecule has 0 aliphatic heterocycles. The van der Waals surface area contributed by atoms with Gasteiger partial charge < -0.3 is 20.1 Å². The van der Waals surface area contributed by atoms with Gasteiger partial charge in [-0.05, 0) is 24.6 Å². The number of ether oxygens (including phenoxy) is 2. The second kappa shape index (κ2) is 11.1. The van der Waals surface area contributed by atoms with Gasteiger partial charge in [-0.2, -0.15) is 13.2 Å². The molecule has 2 rings (SSSR count). The van der Waals surface area contributed by atoms with Crippen LogP contribution in [0.5, 0.6) is 17.4 Å². The van der Waals surface area contributed by atoms with E-state index in [9.17, 15) is 13.2 Å². The minimum atomic E-state index is -4.22. The number of guanidine groups is 1. The Bertz CT molecular complexity index is 797. The Hall–Kier alpha value is -2.97. The van der Waals surface area contributed by atoms with Crippen molar-refractivity contribution in [1.82, 2.24) is 15.6 Å². The molecule has 0 aliphatic carbocycles. The minimum absolute atomic E-state index is 0.260. The minimum Gasteiger partial charge on any atom is -0.490 e. The summed E-state index contributed by atoms with van der Waals surface area (Å²) in [6.07, 6.45) is -2.69. The predicted molar refractivity (Wildman–Crippen MR) is 105 cm³/mol. The Morgan fingerprint density at radius 3 is 2.55 bits per heavy atom. The number of alkyl halides is 3. The molecule has 0 bridgehead atoms. The highest BCUT2D eigenvalue weighted by Gasteiger charge is 2.26. The summed E-state index contributed by atoms with van der Waals surface area (Å²) in [5.41, 5.74) is 0.719. The zero-order chi connectivity index (χ0) is 21.1. The summed E-state index contributed by atoms with van der Waals surface area (Å²) < 4.78 is 48.5. The van der Waals surface area contributed by atoms with Crippen molar-refractivity contribution in [3.63, 3.8) is 0 Å². The highest BCUT2D eigenvalue weighted by molar-refractivity contribution is 5.79. The van der Waals surface area contributed by atoms with Crippen molar-refractivity contribution in [2.75, 3.05) is 20.2 Å². The van der Waals surface area contributed by atoms with Crippen LogP contribution < -0.4 is 20.1 Å². The third-order valence-corrected chi connectivity index (χ3v) is 3.74. The SMILES string of the molecule is CCCOc1ccccc1Oc1ncccc1CNC(=NC)NCCC(F)(F)F. The summed E-state index contributed by atoms with van der Waals surface area (Å²) in [6.45, 7) is 2.59. The van der Waals surface area contributed by atoms with Crippen LogP contribution >= 0.6 is 0 Å². The summed E-state index contributed by atoms with van der Waals surface area (Å²) in [7, 11) is 1.49. The number of hydrogen-bond donors (Lipinski definition) is 2. The summed E-state index contributed by atoms with van der Waals surface area (Å²) in [5.74, 6) is 1.78. The van der Waals surface area contributed by atoms with Gasteiger partial charge in [0.25, 0.3) is 0 Å². The zero-order valence-electron chi connectivity index (χ0n) is 16.4. The van der Waals surface area contributed by atoms with E-state index in [2.05, 4.69) is 20.6 Å². The highest BCUT2D eigenvalue weighted by atomic mass is 19.4. The van der Waals surface area contributed by atoms with Crippen LogP contribution in [-0.4, -0.2) is 37.3 Å². The molecule has 0 fully saturated rings. The number of benzene rings is 1. The molecule has 0 amide bonds. The van der Waals surface area contributed by atoms with Crippen molar-refractivity contribution < 1.29 is 22.6 Å². The van der Waals surface area contributed by atoms with E-state index in [0.717, 1.165) is 12.0 Å². The molecule has 0 spiro atoms. The lowest BCUT2D eigenvalue weighted by Gasteiger charge is -2.15. The maximum Gasteiger partial charge on any atom is 0.390 e. The molecule has 0 saturated heterocycles. The molecule has 0 aliphatic rings. The van der Waals surface area contributed by atoms with Crippen molar-refractivity contribution in [3.8, 4) is 17.4 Å². The Kier molecular flexibility index (Phi) is 8.57. The van der Waals surface area contributed by atoms with Crippen LogP contribution in [0.2, 0.25) is 0 Å². The van der Waals surface area contributed by atoms with Crippen molar-refractivity contribution >= 4 is 5.96 Å². The van der Waals surface area contributed by atoms with Gasteiger partial charge in [0, 0.05) is 31.9 Å². The van der Waals surface area contributed by atoms with E-state index >= 15 is 0 Å². The first-order valence-corrected chi connectivity index (χ1v) is 9.27. The van der Waals surface area contributed by atoms with Crippen molar-refractivity contribution in [1.29, 1.82) is 0 Å². The summed E-state index contributed by atoms with van der Waals surface area (Å²) in [5, 5.41) is 5.60. The van der Waals surface area contributed by atoms with Crippen molar-refractivity contribution in [2.24, 2.45) is 4.99 Å². The van der Waals surface area contributed by atoms with Crippen LogP contribution in [0, 0.1) is 0 Å². The van der Waals surface area contributed by atoms with Gasteiger partial charge in [-0.3, -0.25) is 4.99 Å². The van der Waals surface area contributed by atoms with E-state index in [0.29, 0.717) is 24.0 Å². The Morgan fingerprint density at radius 2 is 1.86 bits per heavy atom. The summed E-state index contributed by atoms with van der Waals surface area (Å²) in [6, 6.07) is 10.9. The quantitative estimate of drug-likeness (QED) is 0.477. The molecule has 1 aromatic carbocycles. The average Bonchev–Trinajstić information content (AvgIpc) is 2.70. The first-order chi connectivity index (χ1) is 13.9. The number of aromatic nitrogens is 1. The molecule has 6 nitrogen and oxygen atoms in total. The van der Waals surface area contributed by atoms with Crippen LogP contribution in [-0.2, 0) is 6.54 Å². The van der Waals surface area contributed by atoms with Gasteiger partial charge in [-0.25, -0.2) is 4.98 Å². The topological polar surface area (TPSA) is 67.8 Å². The fourth-order valence-corrected chi connectivity index (χ4v) is 2.34. The smallest absolute Gasteiger partial charge is 0.390 e. The van der Waals surface area contributed by atoms with Gasteiger partial charge in [0.15, 0.2) is 17.5 Å². The lowest BCUT2D eigenvalue weighted by atomic mass is 10.2. The van der Waals surface area contributed by atoms with E-state index in [1.165, 1.54) is 7.05 Å². The van der Waals surface area contributed by atoms with Gasteiger partial charge in [0.1, 0.15) is 0 Å². The van der Waals surface area contributed by atoms with Crippen LogP contribution in [0.15, 0.2) is 47.6 Å². The second-order valence-corrected chi connectivity index (χ2v) is 6.08. The Balaban J connectivity index is 2.02.